The summed E-state index contributed by atoms with van der Waals surface area (Å²) in [6.45, 7) is 3.79. The number of nitrogens with zero attached hydrogens (tertiary/aromatic N) is 1. The Morgan fingerprint density at radius 3 is 2.57 bits per heavy atom. The number of aryl methyl sites for hydroxylation is 1. The number of carbonyl (C=O) groups excluding carboxylic acids is 1. The third-order valence-electron chi connectivity index (χ3n) is 3.29. The largest absolute Gasteiger partial charge is 0.483 e. The van der Waals surface area contributed by atoms with E-state index in [0.717, 1.165) is 6.42 Å². The number of benzene rings is 2. The first-order valence-corrected chi connectivity index (χ1v) is 6.94. The van der Waals surface area contributed by atoms with Crippen LogP contribution in [0.1, 0.15) is 35.3 Å². The molecule has 0 fully saturated rings. The molecule has 3 heteroatoms. The molecule has 0 unspecified atom stereocenters. The van der Waals surface area contributed by atoms with E-state index in [1.807, 2.05) is 30.3 Å². The van der Waals surface area contributed by atoms with Gasteiger partial charge in [-0.25, -0.2) is 0 Å². The molecule has 0 aliphatic rings. The third kappa shape index (κ3) is 3.70. The van der Waals surface area contributed by atoms with Gasteiger partial charge in [-0.1, -0.05) is 37.3 Å². The second-order valence-electron chi connectivity index (χ2n) is 4.81. The second-order valence-corrected chi connectivity index (χ2v) is 4.81. The maximum Gasteiger partial charge on any atom is 0.202 e. The lowest BCUT2D eigenvalue weighted by atomic mass is 10.0. The molecule has 0 spiro atoms. The van der Waals surface area contributed by atoms with Crippen LogP contribution in [0, 0.1) is 11.3 Å². The number of ether oxygens (including phenoxy) is 1. The fourth-order valence-corrected chi connectivity index (χ4v) is 2.04. The summed E-state index contributed by atoms with van der Waals surface area (Å²) in [6.07, 6.45) is 0.355. The van der Waals surface area contributed by atoms with Crippen LogP contribution in [-0.2, 0) is 6.42 Å². The molecule has 0 aliphatic heterocycles. The molecule has 106 valence electrons. The van der Waals surface area contributed by atoms with Crippen molar-refractivity contribution in [2.75, 3.05) is 0 Å². The van der Waals surface area contributed by atoms with Crippen molar-refractivity contribution in [2.24, 2.45) is 0 Å². The first-order valence-electron chi connectivity index (χ1n) is 6.94. The Morgan fingerprint density at radius 2 is 1.95 bits per heavy atom. The molecule has 2 aromatic rings. The molecular formula is C18H17NO2. The molecule has 0 amide bonds. The van der Waals surface area contributed by atoms with Crippen molar-refractivity contribution in [2.45, 2.75) is 26.4 Å². The Morgan fingerprint density at radius 1 is 1.24 bits per heavy atom. The summed E-state index contributed by atoms with van der Waals surface area (Å²) in [5.74, 6) is 0.458. The van der Waals surface area contributed by atoms with Gasteiger partial charge in [0.25, 0.3) is 0 Å². The molecule has 0 radical (unpaired) electrons. The minimum atomic E-state index is -0.591. The number of carbonyl (C=O) groups is 1. The van der Waals surface area contributed by atoms with E-state index in [9.17, 15) is 4.79 Å². The number of hydrogen-bond acceptors (Lipinski definition) is 3. The highest BCUT2D eigenvalue weighted by Crippen LogP contribution is 2.16. The Kier molecular flexibility index (Phi) is 4.73. The van der Waals surface area contributed by atoms with Crippen LogP contribution in [0.15, 0.2) is 48.5 Å². The van der Waals surface area contributed by atoms with Gasteiger partial charge in [-0.2, -0.15) is 5.26 Å². The van der Waals surface area contributed by atoms with Crippen LogP contribution in [-0.4, -0.2) is 11.9 Å². The van der Waals surface area contributed by atoms with Gasteiger partial charge >= 0.3 is 0 Å². The number of hydrogen-bond donors (Lipinski definition) is 0. The van der Waals surface area contributed by atoms with Crippen LogP contribution in [0.4, 0.5) is 0 Å². The molecule has 2 rings (SSSR count). The lowest BCUT2D eigenvalue weighted by Gasteiger charge is -2.14. The molecule has 0 aliphatic carbocycles. The Labute approximate surface area is 124 Å². The van der Waals surface area contributed by atoms with Gasteiger partial charge in [-0.15, -0.1) is 0 Å². The summed E-state index contributed by atoms with van der Waals surface area (Å²) in [6, 6.07) is 16.4. The van der Waals surface area contributed by atoms with Crippen LogP contribution >= 0.6 is 0 Å². The highest BCUT2D eigenvalue weighted by Gasteiger charge is 2.16. The zero-order valence-corrected chi connectivity index (χ0v) is 12.2. The standard InChI is InChI=1S/C18H17NO2/c1-3-14-7-9-16(10-8-14)18(20)13(2)21-17-6-4-5-15(11-17)12-19/h4-11,13H,3H2,1-2H3/t13-/m0/s1. The van der Waals surface area contributed by atoms with E-state index in [4.69, 9.17) is 10.00 Å². The number of ketones is 1. The van der Waals surface area contributed by atoms with Gasteiger partial charge in [0.05, 0.1) is 11.6 Å². The summed E-state index contributed by atoms with van der Waals surface area (Å²) >= 11 is 0. The first-order chi connectivity index (χ1) is 10.1. The quantitative estimate of drug-likeness (QED) is 0.783. The SMILES string of the molecule is CCc1ccc(C(=O)[C@H](C)Oc2cccc(C#N)c2)cc1. The van der Waals surface area contributed by atoms with Gasteiger partial charge in [0.15, 0.2) is 6.10 Å². The molecule has 0 bridgehead atoms. The predicted molar refractivity (Wildman–Crippen MR) is 81.4 cm³/mol. The molecule has 0 N–H and O–H groups in total. The van der Waals surface area contributed by atoms with Crippen molar-refractivity contribution in [1.29, 1.82) is 5.26 Å². The monoisotopic (exact) mass is 279 g/mol. The minimum Gasteiger partial charge on any atom is -0.483 e. The predicted octanol–water partition coefficient (Wildman–Crippen LogP) is 3.77. The minimum absolute atomic E-state index is 0.0694. The molecule has 0 saturated heterocycles. The van der Waals surface area contributed by atoms with E-state index in [1.54, 1.807) is 31.2 Å². The number of rotatable bonds is 5. The fraction of sp³-hybridized carbons (Fsp3) is 0.222. The average Bonchev–Trinajstić information content (AvgIpc) is 2.54. The van der Waals surface area contributed by atoms with E-state index < -0.39 is 6.10 Å². The summed E-state index contributed by atoms with van der Waals surface area (Å²) in [5.41, 5.74) is 2.34. The van der Waals surface area contributed by atoms with Gasteiger partial charge in [0.1, 0.15) is 5.75 Å². The molecular weight excluding hydrogens is 262 g/mol. The van der Waals surface area contributed by atoms with Gasteiger partial charge in [-0.05, 0) is 37.1 Å². The first kappa shape index (κ1) is 14.8. The zero-order valence-electron chi connectivity index (χ0n) is 12.2. The normalized spacial score (nSPS) is 11.5. The molecule has 0 saturated carbocycles. The summed E-state index contributed by atoms with van der Waals surface area (Å²) in [7, 11) is 0. The summed E-state index contributed by atoms with van der Waals surface area (Å²) < 4.78 is 5.63. The van der Waals surface area contributed by atoms with Crippen molar-refractivity contribution in [3.05, 3.63) is 65.2 Å². The van der Waals surface area contributed by atoms with Crippen LogP contribution < -0.4 is 4.74 Å². The third-order valence-corrected chi connectivity index (χ3v) is 3.29. The van der Waals surface area contributed by atoms with Gasteiger partial charge in [0, 0.05) is 5.56 Å². The van der Waals surface area contributed by atoms with E-state index in [2.05, 4.69) is 6.92 Å². The topological polar surface area (TPSA) is 50.1 Å². The van der Waals surface area contributed by atoms with E-state index in [0.29, 0.717) is 16.9 Å². The maximum atomic E-state index is 12.3. The van der Waals surface area contributed by atoms with E-state index >= 15 is 0 Å². The molecule has 0 aromatic heterocycles. The zero-order chi connectivity index (χ0) is 15.2. The van der Waals surface area contributed by atoms with Crippen LogP contribution in [0.25, 0.3) is 0 Å². The van der Waals surface area contributed by atoms with Gasteiger partial charge in [-0.3, -0.25) is 4.79 Å². The fourth-order valence-electron chi connectivity index (χ4n) is 2.04. The molecule has 1 atom stereocenters. The lowest BCUT2D eigenvalue weighted by molar-refractivity contribution is 0.0818. The Balaban J connectivity index is 2.09. The van der Waals surface area contributed by atoms with Crippen molar-refractivity contribution < 1.29 is 9.53 Å². The second kappa shape index (κ2) is 6.71. The number of Topliss-reactive ketones (excluding diaryl/α,β-unsaturated/α-hetero) is 1. The molecule has 21 heavy (non-hydrogen) atoms. The van der Waals surface area contributed by atoms with E-state index in [-0.39, 0.29) is 5.78 Å². The summed E-state index contributed by atoms with van der Waals surface area (Å²) in [5, 5.41) is 8.86. The van der Waals surface area contributed by atoms with Crippen molar-refractivity contribution in [3.63, 3.8) is 0 Å². The van der Waals surface area contributed by atoms with Gasteiger partial charge < -0.3 is 4.74 Å². The van der Waals surface area contributed by atoms with Crippen LogP contribution in [0.2, 0.25) is 0 Å². The molecule has 2 aromatic carbocycles. The van der Waals surface area contributed by atoms with E-state index in [1.165, 1.54) is 5.56 Å². The van der Waals surface area contributed by atoms with Crippen LogP contribution in [0.3, 0.4) is 0 Å². The smallest absolute Gasteiger partial charge is 0.202 e. The Hall–Kier alpha value is -2.60. The Bertz CT molecular complexity index is 668. The maximum absolute atomic E-state index is 12.3. The highest BCUT2D eigenvalue weighted by atomic mass is 16.5. The van der Waals surface area contributed by atoms with Gasteiger partial charge in [0.2, 0.25) is 5.78 Å². The van der Waals surface area contributed by atoms with Crippen molar-refractivity contribution in [3.8, 4) is 11.8 Å². The molecule has 0 heterocycles. The summed E-state index contributed by atoms with van der Waals surface area (Å²) in [4.78, 5) is 12.3. The number of nitriles is 1. The highest BCUT2D eigenvalue weighted by molar-refractivity contribution is 5.99. The van der Waals surface area contributed by atoms with Crippen molar-refractivity contribution in [1.82, 2.24) is 0 Å². The van der Waals surface area contributed by atoms with Crippen molar-refractivity contribution >= 4 is 5.78 Å². The van der Waals surface area contributed by atoms with Crippen LogP contribution in [0.5, 0.6) is 5.75 Å². The average molecular weight is 279 g/mol. The molecule has 3 nitrogen and oxygen atoms in total. The lowest BCUT2D eigenvalue weighted by Crippen LogP contribution is -2.23.